The van der Waals surface area contributed by atoms with Crippen molar-refractivity contribution in [3.05, 3.63) is 235 Å². The molecule has 0 radical (unpaired) electrons. The van der Waals surface area contributed by atoms with Crippen LogP contribution in [0, 0.1) is 0 Å². The van der Waals surface area contributed by atoms with Gasteiger partial charge in [-0.05, 0) is 83.6 Å². The quantitative estimate of drug-likeness (QED) is 0.176. The van der Waals surface area contributed by atoms with Crippen LogP contribution in [0.5, 0.6) is 0 Å². The minimum absolute atomic E-state index is 0.370. The number of fused-ring (bicyclic) bond motifs is 11. The van der Waals surface area contributed by atoms with Crippen molar-refractivity contribution in [2.45, 2.75) is 5.41 Å². The Kier molecular flexibility index (Phi) is 7.45. The molecule has 2 aliphatic rings. The van der Waals surface area contributed by atoms with Crippen molar-refractivity contribution in [3.8, 4) is 78.7 Å². The topological polar surface area (TPSA) is 38.7 Å². The highest BCUT2D eigenvalue weighted by Gasteiger charge is 2.51. The van der Waals surface area contributed by atoms with E-state index in [1.807, 2.05) is 30.3 Å². The molecule has 0 N–H and O–H groups in total. The van der Waals surface area contributed by atoms with Gasteiger partial charge in [0.25, 0.3) is 0 Å². The van der Waals surface area contributed by atoms with Crippen LogP contribution in [0.1, 0.15) is 22.3 Å². The summed E-state index contributed by atoms with van der Waals surface area (Å²) in [6.07, 6.45) is 0. The van der Waals surface area contributed by atoms with Crippen molar-refractivity contribution in [2.75, 3.05) is 0 Å². The van der Waals surface area contributed by atoms with E-state index in [1.54, 1.807) is 0 Å². The van der Waals surface area contributed by atoms with Gasteiger partial charge in [0, 0.05) is 16.7 Å². The molecule has 0 fully saturated rings. The molecule has 0 bridgehead atoms. The Bertz CT molecular complexity index is 3220. The van der Waals surface area contributed by atoms with Crippen molar-refractivity contribution >= 4 is 10.8 Å². The van der Waals surface area contributed by atoms with Crippen LogP contribution >= 0.6 is 0 Å². The summed E-state index contributed by atoms with van der Waals surface area (Å²) in [6.45, 7) is 0. The summed E-state index contributed by atoms with van der Waals surface area (Å²) >= 11 is 0. The van der Waals surface area contributed by atoms with E-state index in [1.165, 1.54) is 55.6 Å². The summed E-state index contributed by atoms with van der Waals surface area (Å²) in [5.41, 5.74) is 17.9. The molecule has 10 aromatic rings. The van der Waals surface area contributed by atoms with E-state index >= 15 is 0 Å². The Balaban J connectivity index is 0.957. The van der Waals surface area contributed by atoms with Gasteiger partial charge in [-0.1, -0.05) is 206 Å². The van der Waals surface area contributed by atoms with E-state index in [-0.39, 0.29) is 5.41 Å². The van der Waals surface area contributed by atoms with E-state index < -0.39 is 0 Å². The fourth-order valence-electron chi connectivity index (χ4n) is 9.82. The molecule has 0 saturated carbocycles. The Morgan fingerprint density at radius 1 is 0.271 bits per heavy atom. The normalized spacial score (nSPS) is 12.9. The fourth-order valence-corrected chi connectivity index (χ4v) is 9.82. The lowest BCUT2D eigenvalue weighted by molar-refractivity contribution is 0.794. The molecule has 3 heteroatoms. The molecule has 9 aromatic carbocycles. The number of nitrogens with zero attached hydrogens (tertiary/aromatic N) is 3. The molecule has 274 valence electrons. The third kappa shape index (κ3) is 5.05. The molecule has 3 nitrogen and oxygen atoms in total. The predicted molar refractivity (Wildman–Crippen MR) is 241 cm³/mol. The van der Waals surface area contributed by atoms with Gasteiger partial charge in [-0.15, -0.1) is 0 Å². The molecule has 0 amide bonds. The second-order valence-electron chi connectivity index (χ2n) is 15.5. The van der Waals surface area contributed by atoms with Crippen LogP contribution in [-0.4, -0.2) is 15.0 Å². The van der Waals surface area contributed by atoms with Crippen molar-refractivity contribution in [3.63, 3.8) is 0 Å². The molecular weight excluding hydrogens is 715 g/mol. The zero-order chi connectivity index (χ0) is 38.9. The van der Waals surface area contributed by atoms with Gasteiger partial charge < -0.3 is 0 Å². The molecule has 59 heavy (non-hydrogen) atoms. The van der Waals surface area contributed by atoms with E-state index in [0.717, 1.165) is 38.6 Å². The molecule has 0 unspecified atom stereocenters. The smallest absolute Gasteiger partial charge is 0.164 e. The van der Waals surface area contributed by atoms with Gasteiger partial charge in [0.1, 0.15) is 0 Å². The minimum Gasteiger partial charge on any atom is -0.208 e. The first-order valence-corrected chi connectivity index (χ1v) is 20.2. The summed E-state index contributed by atoms with van der Waals surface area (Å²) in [4.78, 5) is 15.1. The Labute approximate surface area is 343 Å². The highest BCUT2D eigenvalue weighted by Crippen LogP contribution is 2.63. The molecule has 1 aromatic heterocycles. The number of aromatic nitrogens is 3. The molecule has 0 aliphatic heterocycles. The summed E-state index contributed by atoms with van der Waals surface area (Å²) in [7, 11) is 0. The number of benzene rings is 9. The van der Waals surface area contributed by atoms with Crippen LogP contribution in [0.4, 0.5) is 0 Å². The lowest BCUT2D eigenvalue weighted by Crippen LogP contribution is -2.25. The summed E-state index contributed by atoms with van der Waals surface area (Å²) < 4.78 is 0. The summed E-state index contributed by atoms with van der Waals surface area (Å²) in [5, 5.41) is 2.26. The third-order valence-corrected chi connectivity index (χ3v) is 12.4. The molecule has 0 saturated heterocycles. The Hall–Kier alpha value is -7.75. The molecular formula is C56H35N3. The molecule has 1 spiro atoms. The zero-order valence-electron chi connectivity index (χ0n) is 32.0. The van der Waals surface area contributed by atoms with Gasteiger partial charge in [-0.3, -0.25) is 0 Å². The van der Waals surface area contributed by atoms with E-state index in [9.17, 15) is 0 Å². The number of hydrogen-bond donors (Lipinski definition) is 0. The van der Waals surface area contributed by atoms with Crippen LogP contribution < -0.4 is 0 Å². The van der Waals surface area contributed by atoms with Crippen LogP contribution in [0.3, 0.4) is 0 Å². The second kappa shape index (κ2) is 13.2. The third-order valence-electron chi connectivity index (χ3n) is 12.4. The number of hydrogen-bond acceptors (Lipinski definition) is 3. The first-order chi connectivity index (χ1) is 29.3. The Morgan fingerprint density at radius 3 is 1.47 bits per heavy atom. The molecule has 1 heterocycles. The maximum atomic E-state index is 5.09. The summed E-state index contributed by atoms with van der Waals surface area (Å²) in [6, 6.07) is 76.3. The van der Waals surface area contributed by atoms with E-state index in [0.29, 0.717) is 17.5 Å². The van der Waals surface area contributed by atoms with E-state index in [2.05, 4.69) is 182 Å². The van der Waals surface area contributed by atoms with Crippen molar-refractivity contribution in [1.82, 2.24) is 15.0 Å². The van der Waals surface area contributed by atoms with Crippen LogP contribution in [-0.2, 0) is 5.41 Å². The second-order valence-corrected chi connectivity index (χ2v) is 15.5. The van der Waals surface area contributed by atoms with Gasteiger partial charge in [-0.2, -0.15) is 0 Å². The highest BCUT2D eigenvalue weighted by atomic mass is 15.0. The lowest BCUT2D eigenvalue weighted by atomic mass is 9.70. The van der Waals surface area contributed by atoms with Crippen molar-refractivity contribution < 1.29 is 0 Å². The maximum absolute atomic E-state index is 5.09. The van der Waals surface area contributed by atoms with Gasteiger partial charge >= 0.3 is 0 Å². The fraction of sp³-hybridized carbons (Fsp3) is 0.0179. The predicted octanol–water partition coefficient (Wildman–Crippen LogP) is 13.7. The standard InChI is InChI=1S/C56H35N3/c1-2-16-38(17-3-1)53-57-54(59-55(58-53)46-26-13-18-37-15-4-5-21-42(37)46)39-33-31-36(32-34-39)40-19-12-20-41(35-40)43-25-14-30-51-52(43)47-24-8-11-29-50(47)56(51)48-27-9-6-22-44(48)45-23-7-10-28-49(45)56/h1-35H. The molecule has 0 atom stereocenters. The van der Waals surface area contributed by atoms with Crippen LogP contribution in [0.25, 0.3) is 89.4 Å². The van der Waals surface area contributed by atoms with Gasteiger partial charge in [0.15, 0.2) is 17.5 Å². The van der Waals surface area contributed by atoms with E-state index in [4.69, 9.17) is 15.0 Å². The SMILES string of the molecule is c1ccc(-c2nc(-c3ccc(-c4cccc(-c5cccc6c5-c5ccccc5C65c6ccccc6-c6ccccc65)c4)cc3)nc(-c3cccc4ccccc34)n2)cc1. The minimum atomic E-state index is -0.370. The van der Waals surface area contributed by atoms with Crippen LogP contribution in [0.2, 0.25) is 0 Å². The largest absolute Gasteiger partial charge is 0.208 e. The molecule has 12 rings (SSSR count). The zero-order valence-corrected chi connectivity index (χ0v) is 32.0. The number of rotatable bonds is 5. The highest BCUT2D eigenvalue weighted by molar-refractivity contribution is 6.00. The Morgan fingerprint density at radius 2 is 0.729 bits per heavy atom. The molecule has 2 aliphatic carbocycles. The first-order valence-electron chi connectivity index (χ1n) is 20.2. The monoisotopic (exact) mass is 749 g/mol. The average Bonchev–Trinajstić information content (AvgIpc) is 3.79. The van der Waals surface area contributed by atoms with Gasteiger partial charge in [-0.25, -0.2) is 15.0 Å². The van der Waals surface area contributed by atoms with Crippen molar-refractivity contribution in [2.24, 2.45) is 0 Å². The summed E-state index contributed by atoms with van der Waals surface area (Å²) in [5.74, 6) is 1.95. The maximum Gasteiger partial charge on any atom is 0.164 e. The average molecular weight is 750 g/mol. The van der Waals surface area contributed by atoms with Gasteiger partial charge in [0.2, 0.25) is 0 Å². The van der Waals surface area contributed by atoms with Gasteiger partial charge in [0.05, 0.1) is 5.41 Å². The first kappa shape index (κ1) is 33.4. The van der Waals surface area contributed by atoms with Crippen LogP contribution in [0.15, 0.2) is 212 Å². The lowest BCUT2D eigenvalue weighted by Gasteiger charge is -2.30. The van der Waals surface area contributed by atoms with Crippen molar-refractivity contribution in [1.29, 1.82) is 0 Å².